The van der Waals surface area contributed by atoms with Gasteiger partial charge in [0.1, 0.15) is 29.9 Å². The maximum absolute atomic E-state index is 10.2. The van der Waals surface area contributed by atoms with Gasteiger partial charge in [0.05, 0.1) is 32.5 Å². The van der Waals surface area contributed by atoms with Crippen molar-refractivity contribution < 1.29 is 34.6 Å². The first kappa shape index (κ1) is 36.1. The Morgan fingerprint density at radius 2 is 1.73 bits per heavy atom. The van der Waals surface area contributed by atoms with Crippen molar-refractivity contribution in [3.63, 3.8) is 0 Å². The summed E-state index contributed by atoms with van der Waals surface area (Å²) in [5.41, 5.74) is 1.82. The minimum absolute atomic E-state index is 0.268. The fourth-order valence-electron chi connectivity index (χ4n) is 10.6. The van der Waals surface area contributed by atoms with Gasteiger partial charge in [0, 0.05) is 5.75 Å². The molecular formula is C37H64O7S. The third-order valence-corrected chi connectivity index (χ3v) is 14.3. The molecule has 4 N–H and O–H groups in total. The normalized spacial score (nSPS) is 43.8. The highest BCUT2D eigenvalue weighted by Gasteiger charge is 2.59. The van der Waals surface area contributed by atoms with Crippen molar-refractivity contribution in [2.24, 2.45) is 46.3 Å². The zero-order valence-corrected chi connectivity index (χ0v) is 29.6. The molecule has 1 heterocycles. The van der Waals surface area contributed by atoms with Crippen LogP contribution in [-0.2, 0) is 14.2 Å². The van der Waals surface area contributed by atoms with Crippen LogP contribution in [0.5, 0.6) is 0 Å². The molecule has 1 aliphatic heterocycles. The highest BCUT2D eigenvalue weighted by Crippen LogP contribution is 2.67. The van der Waals surface area contributed by atoms with Crippen molar-refractivity contribution in [3.05, 3.63) is 11.6 Å². The van der Waals surface area contributed by atoms with Gasteiger partial charge >= 0.3 is 0 Å². The lowest BCUT2D eigenvalue weighted by atomic mass is 9.47. The molecule has 0 bridgehead atoms. The van der Waals surface area contributed by atoms with Gasteiger partial charge in [-0.2, -0.15) is 0 Å². The fourth-order valence-corrected chi connectivity index (χ4v) is 11.6. The smallest absolute Gasteiger partial charge is 0.132 e. The highest BCUT2D eigenvalue weighted by atomic mass is 32.2. The Kier molecular flexibility index (Phi) is 12.5. The molecule has 0 aromatic rings. The summed E-state index contributed by atoms with van der Waals surface area (Å²) in [5.74, 6) is 5.74. The summed E-state index contributed by atoms with van der Waals surface area (Å²) in [6, 6.07) is 0. The molecule has 8 heteroatoms. The molecule has 0 aromatic carbocycles. The molecule has 4 fully saturated rings. The summed E-state index contributed by atoms with van der Waals surface area (Å²) in [5, 5.41) is 39.4. The summed E-state index contributed by atoms with van der Waals surface area (Å²) < 4.78 is 17.7. The highest BCUT2D eigenvalue weighted by molar-refractivity contribution is 7.99. The number of ether oxygens (including phenoxy) is 3. The minimum atomic E-state index is -1.34. The Morgan fingerprint density at radius 1 is 0.933 bits per heavy atom. The molecule has 1 saturated heterocycles. The number of rotatable bonds is 14. The Labute approximate surface area is 277 Å². The molecule has 5 rings (SSSR count). The topological polar surface area (TPSA) is 109 Å². The van der Waals surface area contributed by atoms with Crippen molar-refractivity contribution in [1.82, 2.24) is 0 Å². The van der Waals surface area contributed by atoms with Gasteiger partial charge in [-0.25, -0.2) is 0 Å². The molecule has 0 amide bonds. The van der Waals surface area contributed by atoms with Crippen LogP contribution in [0.25, 0.3) is 0 Å². The fraction of sp³-hybridized carbons (Fsp3) is 0.946. The quantitative estimate of drug-likeness (QED) is 0.135. The van der Waals surface area contributed by atoms with E-state index in [-0.39, 0.29) is 6.10 Å². The van der Waals surface area contributed by atoms with E-state index in [0.29, 0.717) is 36.4 Å². The summed E-state index contributed by atoms with van der Waals surface area (Å²) in [4.78, 5) is 0. The Balaban J connectivity index is 1.04. The third-order valence-electron chi connectivity index (χ3n) is 13.2. The van der Waals surface area contributed by atoms with E-state index in [1.54, 1.807) is 5.57 Å². The molecule has 3 unspecified atom stereocenters. The molecule has 13 atom stereocenters. The molecule has 45 heavy (non-hydrogen) atoms. The van der Waals surface area contributed by atoms with E-state index >= 15 is 0 Å². The van der Waals surface area contributed by atoms with Gasteiger partial charge in [-0.3, -0.25) is 0 Å². The van der Waals surface area contributed by atoms with Crippen LogP contribution in [0, 0.1) is 46.3 Å². The van der Waals surface area contributed by atoms with E-state index in [9.17, 15) is 20.4 Å². The van der Waals surface area contributed by atoms with Crippen LogP contribution < -0.4 is 0 Å². The second kappa shape index (κ2) is 15.6. The van der Waals surface area contributed by atoms with Crippen LogP contribution in [0.1, 0.15) is 105 Å². The van der Waals surface area contributed by atoms with E-state index in [0.717, 1.165) is 48.3 Å². The van der Waals surface area contributed by atoms with Crippen LogP contribution in [-0.4, -0.2) is 88.6 Å². The number of allylic oxidation sites excluding steroid dienone is 1. The number of thioether (sulfide) groups is 1. The average molecular weight is 653 g/mol. The van der Waals surface area contributed by atoms with Crippen LogP contribution >= 0.6 is 11.8 Å². The van der Waals surface area contributed by atoms with Crippen LogP contribution in [0.2, 0.25) is 0 Å². The van der Waals surface area contributed by atoms with Gasteiger partial charge in [-0.15, -0.1) is 11.8 Å². The van der Waals surface area contributed by atoms with E-state index in [2.05, 4.69) is 40.7 Å². The maximum atomic E-state index is 10.2. The van der Waals surface area contributed by atoms with Crippen molar-refractivity contribution in [3.8, 4) is 0 Å². The third kappa shape index (κ3) is 7.69. The molecule has 260 valence electrons. The molecule has 4 aliphatic carbocycles. The second-order valence-electron chi connectivity index (χ2n) is 16.2. The minimum Gasteiger partial charge on any atom is -0.394 e. The first-order chi connectivity index (χ1) is 21.5. The van der Waals surface area contributed by atoms with Crippen molar-refractivity contribution in [2.45, 2.75) is 141 Å². The van der Waals surface area contributed by atoms with Gasteiger partial charge in [0.15, 0.2) is 0 Å². The largest absolute Gasteiger partial charge is 0.394 e. The van der Waals surface area contributed by atoms with E-state index in [1.165, 1.54) is 69.5 Å². The predicted molar refractivity (Wildman–Crippen MR) is 180 cm³/mol. The van der Waals surface area contributed by atoms with E-state index < -0.39 is 36.5 Å². The van der Waals surface area contributed by atoms with Crippen LogP contribution in [0.15, 0.2) is 11.6 Å². The second-order valence-corrected chi connectivity index (χ2v) is 17.4. The Hall–Kier alpha value is -0.190. The lowest BCUT2D eigenvalue weighted by molar-refractivity contribution is -0.205. The molecule has 0 aromatic heterocycles. The number of fused-ring (bicyclic) bond motifs is 5. The van der Waals surface area contributed by atoms with E-state index in [4.69, 9.17) is 14.2 Å². The first-order valence-electron chi connectivity index (χ1n) is 18.3. The molecule has 0 spiro atoms. The van der Waals surface area contributed by atoms with Gasteiger partial charge < -0.3 is 34.6 Å². The molecular weight excluding hydrogens is 588 g/mol. The zero-order valence-electron chi connectivity index (χ0n) is 28.7. The molecule has 3 saturated carbocycles. The van der Waals surface area contributed by atoms with Gasteiger partial charge in [-0.05, 0) is 97.7 Å². The maximum Gasteiger partial charge on any atom is 0.132 e. The molecule has 5 aliphatic rings. The monoisotopic (exact) mass is 652 g/mol. The van der Waals surface area contributed by atoms with Gasteiger partial charge in [0.2, 0.25) is 0 Å². The summed E-state index contributed by atoms with van der Waals surface area (Å²) in [6.45, 7) is 13.7. The van der Waals surface area contributed by atoms with Crippen LogP contribution in [0.3, 0.4) is 0 Å². The zero-order chi connectivity index (χ0) is 32.4. The number of aliphatic hydroxyl groups excluding tert-OH is 4. The van der Waals surface area contributed by atoms with Crippen LogP contribution in [0.4, 0.5) is 0 Å². The van der Waals surface area contributed by atoms with Gasteiger partial charge in [-0.1, -0.05) is 65.5 Å². The SMILES string of the molecule is CC(C)CCC[C@@H](C)[C@H]1CCC2C3CC=C4C[C@H](OCCOCCS[C@@H]5O[C@H](CO)[C@@H](O)[C@H](O)[C@@H]5O)CC[C@]4(C)C3CC[C@@]21C. The lowest BCUT2D eigenvalue weighted by Gasteiger charge is -2.58. The number of aliphatic hydroxyl groups is 4. The average Bonchev–Trinajstić information content (AvgIpc) is 3.37. The summed E-state index contributed by atoms with van der Waals surface area (Å²) in [7, 11) is 0. The Morgan fingerprint density at radius 3 is 2.49 bits per heavy atom. The Bertz CT molecular complexity index is 974. The van der Waals surface area contributed by atoms with Crippen molar-refractivity contribution in [1.29, 1.82) is 0 Å². The van der Waals surface area contributed by atoms with Gasteiger partial charge in [0.25, 0.3) is 0 Å². The van der Waals surface area contributed by atoms with Crippen molar-refractivity contribution in [2.75, 3.05) is 32.2 Å². The number of hydrogen-bond donors (Lipinski definition) is 4. The first-order valence-corrected chi connectivity index (χ1v) is 19.4. The van der Waals surface area contributed by atoms with Crippen molar-refractivity contribution >= 4 is 11.8 Å². The summed E-state index contributed by atoms with van der Waals surface area (Å²) in [6.07, 6.45) is 12.8. The predicted octanol–water partition coefficient (Wildman–Crippen LogP) is 5.96. The standard InChI is InChI=1S/C37H64O7S/c1-23(2)7-6-8-24(3)28-11-12-29-27-10-9-25-21-26(13-15-36(25,4)30(27)14-16-37(28,29)5)43-18-17-42-19-20-45-35-34(41)33(40)32(39)31(22-38)44-35/h9,23-24,26-35,38-41H,6-8,10-22H2,1-5H3/t24-,26-,27?,28-,29?,30?,31-,32-,33+,34+,35+,36+,37-/m1/s1. The summed E-state index contributed by atoms with van der Waals surface area (Å²) >= 11 is 1.32. The molecule has 0 radical (unpaired) electrons. The molecule has 7 nitrogen and oxygen atoms in total. The lowest BCUT2D eigenvalue weighted by Crippen LogP contribution is -2.57. The number of hydrogen-bond acceptors (Lipinski definition) is 8. The van der Waals surface area contributed by atoms with E-state index in [1.807, 2.05) is 0 Å².